The van der Waals surface area contributed by atoms with Gasteiger partial charge in [-0.25, -0.2) is 0 Å². The van der Waals surface area contributed by atoms with Crippen molar-refractivity contribution in [3.8, 4) is 6.07 Å². The average Bonchev–Trinajstić information content (AvgIpc) is 2.74. The first-order valence-corrected chi connectivity index (χ1v) is 10.2. The third-order valence-corrected chi connectivity index (χ3v) is 4.78. The zero-order valence-electron chi connectivity index (χ0n) is 16.7. The fraction of sp³-hybridized carbons (Fsp3) is 0.273. The van der Waals surface area contributed by atoms with Gasteiger partial charge in [0.15, 0.2) is 0 Å². The van der Waals surface area contributed by atoms with Crippen LogP contribution in [0.25, 0.3) is 0 Å². The Bertz CT molecular complexity index is 941. The van der Waals surface area contributed by atoms with E-state index in [1.54, 1.807) is 30.3 Å². The van der Waals surface area contributed by atoms with E-state index in [0.717, 1.165) is 10.0 Å². The van der Waals surface area contributed by atoms with Crippen LogP contribution in [0.15, 0.2) is 53.0 Å². The van der Waals surface area contributed by atoms with Crippen LogP contribution in [0.5, 0.6) is 0 Å². The Labute approximate surface area is 184 Å². The molecule has 2 N–H and O–H groups in total. The molecule has 2 aromatic carbocycles. The summed E-state index contributed by atoms with van der Waals surface area (Å²) < 4.78 is 0.912. The molecule has 0 heterocycles. The molecule has 0 unspecified atom stereocenters. The highest BCUT2D eigenvalue weighted by Gasteiger charge is 2.17. The number of nitrogens with zero attached hydrogens (tertiary/aromatic N) is 2. The minimum atomic E-state index is -0.390. The predicted octanol–water partition coefficient (Wildman–Crippen LogP) is 3.54. The van der Waals surface area contributed by atoms with Crippen LogP contribution in [0, 0.1) is 18.3 Å². The molecule has 7 nitrogen and oxygen atoms in total. The van der Waals surface area contributed by atoms with Crippen molar-refractivity contribution >= 4 is 45.0 Å². The summed E-state index contributed by atoms with van der Waals surface area (Å²) in [6, 6.07) is 16.5. The molecule has 0 fully saturated rings. The van der Waals surface area contributed by atoms with Crippen molar-refractivity contribution in [1.82, 2.24) is 5.32 Å². The lowest BCUT2D eigenvalue weighted by atomic mass is 10.2. The minimum Gasteiger partial charge on any atom is -0.347 e. The Kier molecular flexibility index (Phi) is 9.03. The van der Waals surface area contributed by atoms with Gasteiger partial charge in [0.1, 0.15) is 0 Å². The van der Waals surface area contributed by atoms with Gasteiger partial charge in [-0.2, -0.15) is 5.26 Å². The molecule has 0 aliphatic heterocycles. The van der Waals surface area contributed by atoms with Gasteiger partial charge in [-0.1, -0.05) is 34.1 Å². The molecular weight excluding hydrogens is 448 g/mol. The highest BCUT2D eigenvalue weighted by atomic mass is 79.9. The summed E-state index contributed by atoms with van der Waals surface area (Å²) in [5, 5.41) is 14.1. The highest BCUT2D eigenvalue weighted by Crippen LogP contribution is 2.20. The number of anilines is 2. The van der Waals surface area contributed by atoms with Crippen LogP contribution in [0.1, 0.15) is 24.8 Å². The first-order valence-electron chi connectivity index (χ1n) is 9.45. The van der Waals surface area contributed by atoms with Crippen molar-refractivity contribution in [2.75, 3.05) is 23.3 Å². The van der Waals surface area contributed by atoms with Gasteiger partial charge in [-0.15, -0.1) is 0 Å². The first kappa shape index (κ1) is 23.1. The molecule has 2 aromatic rings. The van der Waals surface area contributed by atoms with E-state index in [0.29, 0.717) is 11.4 Å². The molecule has 0 saturated heterocycles. The number of halogens is 1. The summed E-state index contributed by atoms with van der Waals surface area (Å²) in [6.07, 6.45) is 0.140. The van der Waals surface area contributed by atoms with Crippen LogP contribution in [-0.4, -0.2) is 30.8 Å². The summed E-state index contributed by atoms with van der Waals surface area (Å²) in [5.41, 5.74) is 2.25. The first-order chi connectivity index (χ1) is 14.4. The van der Waals surface area contributed by atoms with Gasteiger partial charge in [0.25, 0.3) is 0 Å². The Balaban J connectivity index is 1.81. The average molecular weight is 471 g/mol. The molecule has 0 bridgehead atoms. The molecule has 0 aliphatic carbocycles. The van der Waals surface area contributed by atoms with Crippen LogP contribution >= 0.6 is 15.9 Å². The molecular formula is C22H23BrN4O3. The number of nitriles is 1. The summed E-state index contributed by atoms with van der Waals surface area (Å²) in [5.74, 6) is -0.985. The van der Waals surface area contributed by atoms with E-state index in [2.05, 4.69) is 26.6 Å². The second kappa shape index (κ2) is 11.7. The van der Waals surface area contributed by atoms with Gasteiger partial charge in [0.05, 0.1) is 19.0 Å². The number of hydrogen-bond donors (Lipinski definition) is 2. The summed E-state index contributed by atoms with van der Waals surface area (Å²) in [7, 11) is 0. The fourth-order valence-corrected chi connectivity index (χ4v) is 3.23. The van der Waals surface area contributed by atoms with Crippen LogP contribution in [0.4, 0.5) is 11.4 Å². The van der Waals surface area contributed by atoms with Gasteiger partial charge in [-0.05, 0) is 42.8 Å². The van der Waals surface area contributed by atoms with Gasteiger partial charge >= 0.3 is 0 Å². The molecule has 8 heteroatoms. The lowest BCUT2D eigenvalue weighted by molar-refractivity contribution is -0.126. The maximum Gasteiger partial charge on any atom is 0.243 e. The van der Waals surface area contributed by atoms with E-state index < -0.39 is 0 Å². The maximum atomic E-state index is 12.6. The van der Waals surface area contributed by atoms with E-state index in [1.807, 2.05) is 31.2 Å². The van der Waals surface area contributed by atoms with Gasteiger partial charge in [0, 0.05) is 35.2 Å². The number of benzene rings is 2. The largest absolute Gasteiger partial charge is 0.347 e. The number of rotatable bonds is 9. The highest BCUT2D eigenvalue weighted by molar-refractivity contribution is 9.10. The molecule has 30 heavy (non-hydrogen) atoms. The molecule has 0 atom stereocenters. The second-order valence-electron chi connectivity index (χ2n) is 6.57. The van der Waals surface area contributed by atoms with E-state index >= 15 is 0 Å². The number of hydrogen-bond acceptors (Lipinski definition) is 4. The molecule has 0 saturated carbocycles. The molecule has 0 aromatic heterocycles. The number of carbonyl (C=O) groups is 3. The third-order valence-electron chi connectivity index (χ3n) is 4.29. The Hall–Kier alpha value is -3.18. The third kappa shape index (κ3) is 7.33. The smallest absolute Gasteiger partial charge is 0.243 e. The van der Waals surface area contributed by atoms with Crippen LogP contribution in [0.2, 0.25) is 0 Å². The number of nitrogens with one attached hydrogen (secondary N) is 2. The van der Waals surface area contributed by atoms with Crippen molar-refractivity contribution in [1.29, 1.82) is 5.26 Å². The standard InChI is InChI=1S/C22H23BrN4O3/c1-16-14-17(23)8-9-19(16)26-21(29)15-25-20(28)10-11-22(30)27(13-5-12-24)18-6-3-2-4-7-18/h2-4,6-9,14H,5,10-11,13,15H2,1H3,(H,25,28)(H,26,29). The quantitative estimate of drug-likeness (QED) is 0.584. The van der Waals surface area contributed by atoms with Crippen molar-refractivity contribution in [2.45, 2.75) is 26.2 Å². The second-order valence-corrected chi connectivity index (χ2v) is 7.49. The maximum absolute atomic E-state index is 12.6. The topological polar surface area (TPSA) is 102 Å². The number of amides is 3. The summed E-state index contributed by atoms with van der Waals surface area (Å²) >= 11 is 3.36. The zero-order chi connectivity index (χ0) is 21.9. The molecule has 0 aliphatic rings. The molecule has 2 rings (SSSR count). The lowest BCUT2D eigenvalue weighted by Crippen LogP contribution is -2.35. The Morgan fingerprint density at radius 2 is 1.80 bits per heavy atom. The van der Waals surface area contributed by atoms with Gasteiger partial charge in [0.2, 0.25) is 17.7 Å². The van der Waals surface area contributed by atoms with Crippen molar-refractivity contribution < 1.29 is 14.4 Å². The minimum absolute atomic E-state index is 0.0143. The van der Waals surface area contributed by atoms with Crippen molar-refractivity contribution in [3.63, 3.8) is 0 Å². The summed E-state index contributed by atoms with van der Waals surface area (Å²) in [4.78, 5) is 38.2. The summed E-state index contributed by atoms with van der Waals surface area (Å²) in [6.45, 7) is 1.95. The lowest BCUT2D eigenvalue weighted by Gasteiger charge is -2.21. The van der Waals surface area contributed by atoms with Crippen LogP contribution in [-0.2, 0) is 14.4 Å². The number of carbonyl (C=O) groups excluding carboxylic acids is 3. The zero-order valence-corrected chi connectivity index (χ0v) is 18.2. The van der Waals surface area contributed by atoms with Gasteiger partial charge in [-0.3, -0.25) is 14.4 Å². The Morgan fingerprint density at radius 1 is 1.07 bits per heavy atom. The fourth-order valence-electron chi connectivity index (χ4n) is 2.75. The van der Waals surface area contributed by atoms with E-state index in [1.165, 1.54) is 4.90 Å². The molecule has 0 spiro atoms. The molecule has 3 amide bonds. The van der Waals surface area contributed by atoms with E-state index in [4.69, 9.17) is 5.26 Å². The predicted molar refractivity (Wildman–Crippen MR) is 119 cm³/mol. The SMILES string of the molecule is Cc1cc(Br)ccc1NC(=O)CNC(=O)CCC(=O)N(CCC#N)c1ccccc1. The normalized spacial score (nSPS) is 10.0. The van der Waals surface area contributed by atoms with Crippen molar-refractivity contribution in [3.05, 3.63) is 58.6 Å². The van der Waals surface area contributed by atoms with Crippen LogP contribution < -0.4 is 15.5 Å². The molecule has 0 radical (unpaired) electrons. The van der Waals surface area contributed by atoms with Crippen LogP contribution in [0.3, 0.4) is 0 Å². The van der Waals surface area contributed by atoms with E-state index in [9.17, 15) is 14.4 Å². The number of aryl methyl sites for hydroxylation is 1. The molecule has 156 valence electrons. The monoisotopic (exact) mass is 470 g/mol. The Morgan fingerprint density at radius 3 is 2.47 bits per heavy atom. The number of para-hydroxylation sites is 1. The van der Waals surface area contributed by atoms with Crippen molar-refractivity contribution in [2.24, 2.45) is 0 Å². The van der Waals surface area contributed by atoms with E-state index in [-0.39, 0.29) is 50.1 Å². The van der Waals surface area contributed by atoms with Gasteiger partial charge < -0.3 is 15.5 Å².